The third kappa shape index (κ3) is 5.71. The van der Waals surface area contributed by atoms with Crippen molar-refractivity contribution < 1.29 is 18.7 Å². The number of aryl methyl sites for hydroxylation is 1. The summed E-state index contributed by atoms with van der Waals surface area (Å²) in [6, 6.07) is 11.4. The molecule has 0 unspecified atom stereocenters. The van der Waals surface area contributed by atoms with Crippen LogP contribution in [0.1, 0.15) is 42.6 Å². The second kappa shape index (κ2) is 9.74. The van der Waals surface area contributed by atoms with Crippen molar-refractivity contribution in [2.45, 2.75) is 39.2 Å². The van der Waals surface area contributed by atoms with E-state index in [1.807, 2.05) is 37.3 Å². The maximum atomic E-state index is 12.7. The Morgan fingerprint density at radius 2 is 2.00 bits per heavy atom. The number of amides is 1. The predicted octanol–water partition coefficient (Wildman–Crippen LogP) is 4.63. The summed E-state index contributed by atoms with van der Waals surface area (Å²) < 4.78 is 10.6. The zero-order chi connectivity index (χ0) is 19.8. The first-order valence-electron chi connectivity index (χ1n) is 9.55. The Kier molecular flexibility index (Phi) is 6.84. The molecule has 0 aliphatic heterocycles. The Balaban J connectivity index is 1.58. The molecule has 1 aliphatic rings. The summed E-state index contributed by atoms with van der Waals surface area (Å²) in [4.78, 5) is 26.4. The summed E-state index contributed by atoms with van der Waals surface area (Å²) in [5, 5.41) is 0. The number of esters is 1. The van der Waals surface area contributed by atoms with Crippen LogP contribution in [0, 0.1) is 6.92 Å². The molecule has 0 spiro atoms. The van der Waals surface area contributed by atoms with E-state index in [0.29, 0.717) is 12.3 Å². The first kappa shape index (κ1) is 19.7. The summed E-state index contributed by atoms with van der Waals surface area (Å²) >= 11 is 0. The number of allylic oxidation sites excluding steroid dienone is 2. The lowest BCUT2D eigenvalue weighted by atomic mass is 10.0. The highest BCUT2D eigenvalue weighted by atomic mass is 16.5. The largest absolute Gasteiger partial charge is 0.467 e. The van der Waals surface area contributed by atoms with Crippen LogP contribution in [0.3, 0.4) is 0 Å². The zero-order valence-corrected chi connectivity index (χ0v) is 16.1. The van der Waals surface area contributed by atoms with Gasteiger partial charge < -0.3 is 14.1 Å². The fraction of sp³-hybridized carbons (Fsp3) is 0.304. The molecular formula is C23H25NO4. The van der Waals surface area contributed by atoms with Crippen molar-refractivity contribution >= 4 is 18.0 Å². The minimum atomic E-state index is -0.538. The van der Waals surface area contributed by atoms with Crippen molar-refractivity contribution in [1.29, 1.82) is 0 Å². The van der Waals surface area contributed by atoms with Crippen molar-refractivity contribution in [3.05, 3.63) is 77.4 Å². The second-order valence-electron chi connectivity index (χ2n) is 6.85. The molecule has 5 heteroatoms. The van der Waals surface area contributed by atoms with E-state index in [1.165, 1.54) is 6.08 Å². The molecule has 0 saturated carbocycles. The molecule has 3 rings (SSSR count). The van der Waals surface area contributed by atoms with Gasteiger partial charge in [0.05, 0.1) is 12.8 Å². The third-order valence-electron chi connectivity index (χ3n) is 4.64. The highest BCUT2D eigenvalue weighted by Crippen LogP contribution is 2.23. The Hall–Kier alpha value is -3.08. The third-order valence-corrected chi connectivity index (χ3v) is 4.64. The maximum absolute atomic E-state index is 12.7. The normalized spacial score (nSPS) is 14.0. The van der Waals surface area contributed by atoms with Crippen LogP contribution in [0.2, 0.25) is 0 Å². The Morgan fingerprint density at radius 3 is 2.68 bits per heavy atom. The summed E-state index contributed by atoms with van der Waals surface area (Å²) in [5.74, 6) is -0.0865. The molecule has 5 nitrogen and oxygen atoms in total. The Labute approximate surface area is 165 Å². The van der Waals surface area contributed by atoms with Gasteiger partial charge in [-0.05, 0) is 56.4 Å². The number of furan rings is 1. The van der Waals surface area contributed by atoms with Gasteiger partial charge in [0.15, 0.2) is 6.61 Å². The number of hydrogen-bond donors (Lipinski definition) is 0. The van der Waals surface area contributed by atoms with Crippen LogP contribution in [-0.4, -0.2) is 23.4 Å². The van der Waals surface area contributed by atoms with Gasteiger partial charge in [0.1, 0.15) is 5.76 Å². The average molecular weight is 379 g/mol. The van der Waals surface area contributed by atoms with Crippen molar-refractivity contribution in [2.75, 3.05) is 6.61 Å². The first-order valence-corrected chi connectivity index (χ1v) is 9.55. The molecule has 1 aromatic carbocycles. The van der Waals surface area contributed by atoms with E-state index in [9.17, 15) is 9.59 Å². The highest BCUT2D eigenvalue weighted by molar-refractivity contribution is 5.89. The summed E-state index contributed by atoms with van der Waals surface area (Å²) in [6.45, 7) is 2.05. The highest BCUT2D eigenvalue weighted by Gasteiger charge is 2.21. The summed E-state index contributed by atoms with van der Waals surface area (Å²) in [5.41, 5.74) is 3.03. The van der Waals surface area contributed by atoms with Crippen LogP contribution in [-0.2, 0) is 20.9 Å². The van der Waals surface area contributed by atoms with Crippen LogP contribution in [0.4, 0.5) is 0 Å². The van der Waals surface area contributed by atoms with Gasteiger partial charge in [-0.25, -0.2) is 4.79 Å². The fourth-order valence-electron chi connectivity index (χ4n) is 3.08. The topological polar surface area (TPSA) is 59.8 Å². The van der Waals surface area contributed by atoms with Gasteiger partial charge in [-0.3, -0.25) is 4.79 Å². The van der Waals surface area contributed by atoms with E-state index >= 15 is 0 Å². The van der Waals surface area contributed by atoms with Gasteiger partial charge in [-0.2, -0.15) is 0 Å². The molecule has 0 fully saturated rings. The molecule has 146 valence electrons. The van der Waals surface area contributed by atoms with E-state index in [1.54, 1.807) is 23.3 Å². The maximum Gasteiger partial charge on any atom is 0.331 e. The predicted molar refractivity (Wildman–Crippen MR) is 107 cm³/mol. The lowest BCUT2D eigenvalue weighted by molar-refractivity contribution is -0.147. The number of ether oxygens (including phenoxy) is 1. The number of nitrogens with zero attached hydrogens (tertiary/aromatic N) is 1. The molecule has 0 saturated heterocycles. The van der Waals surface area contributed by atoms with E-state index in [4.69, 9.17) is 9.15 Å². The fourth-order valence-corrected chi connectivity index (χ4v) is 3.08. The van der Waals surface area contributed by atoms with Gasteiger partial charge in [-0.1, -0.05) is 35.9 Å². The lowest BCUT2D eigenvalue weighted by Crippen LogP contribution is -2.34. The molecule has 1 amide bonds. The minimum Gasteiger partial charge on any atom is -0.467 e. The van der Waals surface area contributed by atoms with Crippen LogP contribution in [0.5, 0.6) is 0 Å². The summed E-state index contributed by atoms with van der Waals surface area (Å²) in [6.07, 6.45) is 10.7. The number of carbonyl (C=O) groups is 2. The molecule has 0 bridgehead atoms. The summed E-state index contributed by atoms with van der Waals surface area (Å²) in [7, 11) is 0. The Bertz CT molecular complexity index is 847. The van der Waals surface area contributed by atoms with Gasteiger partial charge >= 0.3 is 5.97 Å². The lowest BCUT2D eigenvalue weighted by Gasteiger charge is -2.26. The van der Waals surface area contributed by atoms with Crippen LogP contribution < -0.4 is 0 Å². The monoisotopic (exact) mass is 379 g/mol. The quantitative estimate of drug-likeness (QED) is 0.520. The Morgan fingerprint density at radius 1 is 1.18 bits per heavy atom. The van der Waals surface area contributed by atoms with Crippen molar-refractivity contribution in [3.8, 4) is 0 Å². The molecular weight excluding hydrogens is 354 g/mol. The van der Waals surface area contributed by atoms with Gasteiger partial charge in [0.2, 0.25) is 0 Å². The van der Waals surface area contributed by atoms with Gasteiger partial charge in [0.25, 0.3) is 5.91 Å². The molecule has 0 radical (unpaired) electrons. The van der Waals surface area contributed by atoms with E-state index in [2.05, 4.69) is 6.08 Å². The molecule has 1 aliphatic carbocycles. The smallest absolute Gasteiger partial charge is 0.331 e. The molecule has 28 heavy (non-hydrogen) atoms. The second-order valence-corrected chi connectivity index (χ2v) is 6.85. The van der Waals surface area contributed by atoms with Crippen molar-refractivity contribution in [2.24, 2.45) is 0 Å². The van der Waals surface area contributed by atoms with Crippen LogP contribution in [0.15, 0.2) is 64.9 Å². The average Bonchev–Trinajstić information content (AvgIpc) is 3.24. The van der Waals surface area contributed by atoms with Crippen molar-refractivity contribution in [1.82, 2.24) is 4.90 Å². The standard InChI is InChI=1S/C23H25NO4/c1-18-9-11-19(12-10-18)13-14-23(26)28-17-22(25)24(16-21-8-5-15-27-21)20-6-3-2-4-7-20/h5-6,8-15H,2-4,7,16-17H2,1H3/b14-13+. The number of rotatable bonds is 7. The zero-order valence-electron chi connectivity index (χ0n) is 16.1. The molecule has 0 N–H and O–H groups in total. The van der Waals surface area contributed by atoms with Crippen molar-refractivity contribution in [3.63, 3.8) is 0 Å². The van der Waals surface area contributed by atoms with Crippen LogP contribution in [0.25, 0.3) is 6.08 Å². The number of hydrogen-bond acceptors (Lipinski definition) is 4. The first-order chi connectivity index (χ1) is 13.6. The van der Waals surface area contributed by atoms with Gasteiger partial charge in [0, 0.05) is 11.8 Å². The van der Waals surface area contributed by atoms with E-state index < -0.39 is 5.97 Å². The number of benzene rings is 1. The van der Waals surface area contributed by atoms with E-state index in [-0.39, 0.29) is 12.5 Å². The van der Waals surface area contributed by atoms with Gasteiger partial charge in [-0.15, -0.1) is 0 Å². The molecule has 1 aromatic heterocycles. The molecule has 1 heterocycles. The minimum absolute atomic E-state index is 0.248. The van der Waals surface area contributed by atoms with Crippen LogP contribution >= 0.6 is 0 Å². The molecule has 0 atom stereocenters. The van der Waals surface area contributed by atoms with E-state index in [0.717, 1.165) is 42.5 Å². The SMILES string of the molecule is Cc1ccc(/C=C/C(=O)OCC(=O)N(Cc2ccco2)C2=CCCCC2)cc1. The molecule has 2 aromatic rings. The number of carbonyl (C=O) groups excluding carboxylic acids is 2.